The first kappa shape index (κ1) is 22.9. The van der Waals surface area contributed by atoms with E-state index in [4.69, 9.17) is 0 Å². The number of hydrogen-bond acceptors (Lipinski definition) is 3. The van der Waals surface area contributed by atoms with Gasteiger partial charge in [0.15, 0.2) is 0 Å². The molecule has 1 saturated heterocycles. The SMILES string of the molecule is CN1CCCCCC1=NS(=O)(=O)c1cccc(NC(=O)C(C)(C)c2ccccc2F)c1. The summed E-state index contributed by atoms with van der Waals surface area (Å²) in [7, 11) is -2.08. The maximum atomic E-state index is 14.2. The molecule has 3 rings (SSSR count). The standard InChI is InChI=1S/C23H28FN3O3S/c1-23(2,19-12-6-7-13-20(19)24)22(28)25-17-10-9-11-18(16-17)31(29,30)26-21-14-5-4-8-15-27(21)3/h6-7,9-13,16H,4-5,8,14-15H2,1-3H3,(H,25,28). The van der Waals surface area contributed by atoms with E-state index in [2.05, 4.69) is 9.71 Å². The van der Waals surface area contributed by atoms with Gasteiger partial charge < -0.3 is 10.2 Å². The van der Waals surface area contributed by atoms with Crippen LogP contribution in [0.5, 0.6) is 0 Å². The lowest BCUT2D eigenvalue weighted by Gasteiger charge is -2.24. The molecule has 31 heavy (non-hydrogen) atoms. The number of carbonyl (C=O) groups excluding carboxylic acids is 1. The first-order chi connectivity index (χ1) is 14.6. The lowest BCUT2D eigenvalue weighted by atomic mass is 9.83. The van der Waals surface area contributed by atoms with Crippen molar-refractivity contribution >= 4 is 27.5 Å². The Bertz CT molecular complexity index is 1100. The number of sulfonamides is 1. The molecule has 0 radical (unpaired) electrons. The Morgan fingerprint density at radius 1 is 1.10 bits per heavy atom. The fraction of sp³-hybridized carbons (Fsp3) is 0.391. The summed E-state index contributed by atoms with van der Waals surface area (Å²) in [6, 6.07) is 12.1. The number of benzene rings is 2. The monoisotopic (exact) mass is 445 g/mol. The van der Waals surface area contributed by atoms with Gasteiger partial charge in [-0.1, -0.05) is 30.7 Å². The highest BCUT2D eigenvalue weighted by Gasteiger charge is 2.32. The summed E-state index contributed by atoms with van der Waals surface area (Å²) < 4.78 is 44.0. The molecule has 1 N–H and O–H groups in total. The van der Waals surface area contributed by atoms with E-state index in [1.54, 1.807) is 44.2 Å². The summed E-state index contributed by atoms with van der Waals surface area (Å²) in [5.41, 5.74) is -0.576. The van der Waals surface area contributed by atoms with Crippen molar-refractivity contribution in [3.8, 4) is 0 Å². The topological polar surface area (TPSA) is 78.8 Å². The van der Waals surface area contributed by atoms with E-state index >= 15 is 0 Å². The summed E-state index contributed by atoms with van der Waals surface area (Å²) in [5, 5.41) is 2.71. The number of amidine groups is 1. The lowest BCUT2D eigenvalue weighted by Crippen LogP contribution is -2.35. The molecule has 0 spiro atoms. The van der Waals surface area contributed by atoms with Crippen LogP contribution in [0.3, 0.4) is 0 Å². The van der Waals surface area contributed by atoms with Crippen molar-refractivity contribution in [3.63, 3.8) is 0 Å². The van der Waals surface area contributed by atoms with Crippen molar-refractivity contribution in [1.82, 2.24) is 4.90 Å². The molecule has 2 aromatic carbocycles. The molecule has 166 valence electrons. The largest absolute Gasteiger partial charge is 0.362 e. The molecule has 1 fully saturated rings. The van der Waals surface area contributed by atoms with Crippen molar-refractivity contribution in [2.75, 3.05) is 18.9 Å². The number of nitrogens with zero attached hydrogens (tertiary/aromatic N) is 2. The van der Waals surface area contributed by atoms with Gasteiger partial charge in [0.05, 0.1) is 10.3 Å². The second-order valence-corrected chi connectivity index (χ2v) is 9.91. The maximum Gasteiger partial charge on any atom is 0.284 e. The summed E-state index contributed by atoms with van der Waals surface area (Å²) in [5.74, 6) is -0.364. The highest BCUT2D eigenvalue weighted by molar-refractivity contribution is 7.90. The first-order valence-electron chi connectivity index (χ1n) is 10.3. The molecule has 0 aromatic heterocycles. The number of hydrogen-bond donors (Lipinski definition) is 1. The Labute approximate surface area is 183 Å². The fourth-order valence-corrected chi connectivity index (χ4v) is 4.69. The highest BCUT2D eigenvalue weighted by atomic mass is 32.2. The minimum atomic E-state index is -3.93. The smallest absolute Gasteiger partial charge is 0.284 e. The molecule has 0 atom stereocenters. The van der Waals surface area contributed by atoms with Gasteiger partial charge in [-0.2, -0.15) is 8.42 Å². The molecule has 0 aliphatic carbocycles. The van der Waals surface area contributed by atoms with Gasteiger partial charge in [-0.15, -0.1) is 4.40 Å². The molecule has 8 heteroatoms. The van der Waals surface area contributed by atoms with Gasteiger partial charge in [-0.3, -0.25) is 4.79 Å². The second kappa shape index (κ2) is 9.18. The molecule has 6 nitrogen and oxygen atoms in total. The van der Waals surface area contributed by atoms with Crippen molar-refractivity contribution in [1.29, 1.82) is 0 Å². The normalized spacial score (nSPS) is 16.8. The van der Waals surface area contributed by atoms with E-state index in [0.29, 0.717) is 17.9 Å². The molecule has 0 saturated carbocycles. The number of amides is 1. The Kier molecular flexibility index (Phi) is 6.79. The average Bonchev–Trinajstić information content (AvgIpc) is 2.92. The molecular weight excluding hydrogens is 417 g/mol. The number of nitrogens with one attached hydrogen (secondary N) is 1. The van der Waals surface area contributed by atoms with Crippen LogP contribution in [0.25, 0.3) is 0 Å². The van der Waals surface area contributed by atoms with E-state index < -0.39 is 27.2 Å². The minimum Gasteiger partial charge on any atom is -0.362 e. The average molecular weight is 446 g/mol. The van der Waals surface area contributed by atoms with Gasteiger partial charge in [0.2, 0.25) is 5.91 Å². The van der Waals surface area contributed by atoms with Gasteiger partial charge in [-0.05, 0) is 51.0 Å². The zero-order chi connectivity index (χ0) is 22.6. The first-order valence-corrected chi connectivity index (χ1v) is 11.8. The predicted molar refractivity (Wildman–Crippen MR) is 120 cm³/mol. The van der Waals surface area contributed by atoms with E-state index in [1.165, 1.54) is 18.2 Å². The zero-order valence-corrected chi connectivity index (χ0v) is 18.9. The molecule has 1 aliphatic rings. The van der Waals surface area contributed by atoms with Gasteiger partial charge in [0.25, 0.3) is 10.0 Å². The Hall–Kier alpha value is -2.74. The number of anilines is 1. The van der Waals surface area contributed by atoms with Crippen LogP contribution in [0.15, 0.2) is 57.8 Å². The summed E-state index contributed by atoms with van der Waals surface area (Å²) in [6.07, 6.45) is 3.57. The molecular formula is C23H28FN3O3S. The quantitative estimate of drug-likeness (QED) is 0.743. The molecule has 1 amide bonds. The van der Waals surface area contributed by atoms with Crippen molar-refractivity contribution in [3.05, 3.63) is 59.9 Å². The second-order valence-electron chi connectivity index (χ2n) is 8.30. The number of likely N-dealkylation sites (tertiary alicyclic amines) is 1. The number of halogens is 1. The lowest BCUT2D eigenvalue weighted by molar-refractivity contribution is -0.120. The van der Waals surface area contributed by atoms with E-state index in [-0.39, 0.29) is 10.5 Å². The van der Waals surface area contributed by atoms with Crippen LogP contribution in [0.1, 0.15) is 45.1 Å². The molecule has 1 heterocycles. The summed E-state index contributed by atoms with van der Waals surface area (Å²) >= 11 is 0. The third kappa shape index (κ3) is 5.31. The third-order valence-corrected chi connectivity index (χ3v) is 6.87. The Morgan fingerprint density at radius 2 is 1.84 bits per heavy atom. The molecule has 2 aromatic rings. The van der Waals surface area contributed by atoms with Crippen LogP contribution in [0.4, 0.5) is 10.1 Å². The molecule has 0 unspecified atom stereocenters. The van der Waals surface area contributed by atoms with Crippen molar-refractivity contribution < 1.29 is 17.6 Å². The van der Waals surface area contributed by atoms with Crippen molar-refractivity contribution in [2.24, 2.45) is 4.40 Å². The summed E-state index contributed by atoms with van der Waals surface area (Å²) in [6.45, 7) is 4.01. The van der Waals surface area contributed by atoms with Crippen molar-refractivity contribution in [2.45, 2.75) is 49.8 Å². The highest BCUT2D eigenvalue weighted by Crippen LogP contribution is 2.28. The zero-order valence-electron chi connectivity index (χ0n) is 18.1. The Morgan fingerprint density at radius 3 is 2.58 bits per heavy atom. The Balaban J connectivity index is 1.84. The van der Waals surface area contributed by atoms with E-state index in [9.17, 15) is 17.6 Å². The maximum absolute atomic E-state index is 14.2. The molecule has 0 bridgehead atoms. The van der Waals surface area contributed by atoms with Crippen LogP contribution in [-0.2, 0) is 20.2 Å². The van der Waals surface area contributed by atoms with Gasteiger partial charge in [0.1, 0.15) is 11.7 Å². The summed E-state index contributed by atoms with van der Waals surface area (Å²) in [4.78, 5) is 14.8. The number of rotatable bonds is 5. The van der Waals surface area contributed by atoms with E-state index in [1.807, 2.05) is 11.9 Å². The third-order valence-electron chi connectivity index (χ3n) is 5.56. The van der Waals surface area contributed by atoms with Gasteiger partial charge in [0, 0.05) is 31.3 Å². The van der Waals surface area contributed by atoms with Crippen LogP contribution in [-0.4, -0.2) is 38.7 Å². The fourth-order valence-electron chi connectivity index (χ4n) is 3.55. The minimum absolute atomic E-state index is 0.000792. The van der Waals surface area contributed by atoms with Crippen LogP contribution in [0, 0.1) is 5.82 Å². The van der Waals surface area contributed by atoms with E-state index in [0.717, 1.165) is 25.8 Å². The number of carbonyl (C=O) groups is 1. The molecule has 1 aliphatic heterocycles. The van der Waals surface area contributed by atoms with Gasteiger partial charge in [-0.25, -0.2) is 4.39 Å². The van der Waals surface area contributed by atoms with Crippen LogP contribution >= 0.6 is 0 Å². The van der Waals surface area contributed by atoms with Gasteiger partial charge >= 0.3 is 0 Å². The van der Waals surface area contributed by atoms with Crippen LogP contribution in [0.2, 0.25) is 0 Å². The van der Waals surface area contributed by atoms with Crippen LogP contribution < -0.4 is 5.32 Å². The predicted octanol–water partition coefficient (Wildman–Crippen LogP) is 4.34.